The van der Waals surface area contributed by atoms with Crippen LogP contribution in [0.2, 0.25) is 0 Å². The highest BCUT2D eigenvalue weighted by Gasteiger charge is 2.38. The Morgan fingerprint density at radius 3 is 2.39 bits per heavy atom. The van der Waals surface area contributed by atoms with E-state index in [-0.39, 0.29) is 5.82 Å². The summed E-state index contributed by atoms with van der Waals surface area (Å²) in [6, 6.07) is 14.8. The number of carboxylic acid groups (broad SMARTS) is 1. The van der Waals surface area contributed by atoms with E-state index in [1.807, 2.05) is 30.6 Å². The maximum absolute atomic E-state index is 13.5. The number of halogens is 4. The summed E-state index contributed by atoms with van der Waals surface area (Å²) < 4.78 is 52.9. The summed E-state index contributed by atoms with van der Waals surface area (Å²) in [6.45, 7) is 5.18. The van der Waals surface area contributed by atoms with E-state index in [1.165, 1.54) is 17.3 Å². The van der Waals surface area contributed by atoms with Crippen molar-refractivity contribution in [3.05, 3.63) is 83.2 Å². The summed E-state index contributed by atoms with van der Waals surface area (Å²) in [7, 11) is 1.70. The lowest BCUT2D eigenvalue weighted by atomic mass is 10.0. The van der Waals surface area contributed by atoms with Crippen LogP contribution in [0, 0.1) is 5.82 Å². The van der Waals surface area contributed by atoms with Crippen LogP contribution < -0.4 is 4.74 Å². The lowest BCUT2D eigenvalue weighted by Gasteiger charge is -2.14. The van der Waals surface area contributed by atoms with E-state index in [1.54, 1.807) is 19.2 Å². The van der Waals surface area contributed by atoms with Crippen molar-refractivity contribution in [2.75, 3.05) is 7.11 Å². The molecule has 1 heterocycles. The molecule has 9 heteroatoms. The van der Waals surface area contributed by atoms with E-state index >= 15 is 0 Å². The molecule has 5 nitrogen and oxygen atoms in total. The minimum absolute atomic E-state index is 0.204. The molecule has 0 atom stereocenters. The number of carbonyl (C=O) groups is 1. The number of methoxy groups -OCH3 is 1. The number of para-hydroxylation sites is 1. The van der Waals surface area contributed by atoms with Gasteiger partial charge in [-0.05, 0) is 41.7 Å². The molecule has 0 fully saturated rings. The Labute approximate surface area is 189 Å². The largest absolute Gasteiger partial charge is 0.496 e. The van der Waals surface area contributed by atoms with Crippen LogP contribution in [-0.4, -0.2) is 33.9 Å². The highest BCUT2D eigenvalue weighted by Crippen LogP contribution is 2.24. The third kappa shape index (κ3) is 7.62. The van der Waals surface area contributed by atoms with E-state index < -0.39 is 12.1 Å². The van der Waals surface area contributed by atoms with Crippen LogP contribution in [0.4, 0.5) is 17.6 Å². The van der Waals surface area contributed by atoms with Gasteiger partial charge in [0.15, 0.2) is 0 Å². The number of aromatic nitrogens is 2. The first-order valence-electron chi connectivity index (χ1n) is 10.2. The predicted molar refractivity (Wildman–Crippen MR) is 116 cm³/mol. The fraction of sp³-hybridized carbons (Fsp3) is 0.333. The van der Waals surface area contributed by atoms with Crippen molar-refractivity contribution in [2.45, 2.75) is 45.3 Å². The van der Waals surface area contributed by atoms with Gasteiger partial charge < -0.3 is 14.4 Å². The number of benzene rings is 2. The fourth-order valence-electron chi connectivity index (χ4n) is 3.40. The smallest absolute Gasteiger partial charge is 0.490 e. The van der Waals surface area contributed by atoms with Gasteiger partial charge in [0, 0.05) is 18.7 Å². The third-order valence-electron chi connectivity index (χ3n) is 4.82. The monoisotopic (exact) mass is 466 g/mol. The van der Waals surface area contributed by atoms with Crippen molar-refractivity contribution in [3.63, 3.8) is 0 Å². The molecule has 0 radical (unpaired) electrons. The van der Waals surface area contributed by atoms with Crippen molar-refractivity contribution in [1.29, 1.82) is 0 Å². The Kier molecular flexibility index (Phi) is 9.02. The fourth-order valence-corrected chi connectivity index (χ4v) is 3.40. The predicted octanol–water partition coefficient (Wildman–Crippen LogP) is 5.62. The molecule has 33 heavy (non-hydrogen) atoms. The van der Waals surface area contributed by atoms with Crippen LogP contribution in [0.3, 0.4) is 0 Å². The molecular formula is C24H26F4N2O3. The first-order chi connectivity index (χ1) is 15.5. The SMILES string of the molecule is COc1ccccc1CCn1cnc(Cc2cccc(F)c2)c1C(C)C.O=C(O)C(F)(F)F. The summed E-state index contributed by atoms with van der Waals surface area (Å²) >= 11 is 0. The Hall–Kier alpha value is -3.36. The quantitative estimate of drug-likeness (QED) is 0.459. The molecule has 0 bridgehead atoms. The van der Waals surface area contributed by atoms with Gasteiger partial charge >= 0.3 is 12.1 Å². The van der Waals surface area contributed by atoms with Crippen LogP contribution in [-0.2, 0) is 24.2 Å². The summed E-state index contributed by atoms with van der Waals surface area (Å²) in [5, 5.41) is 7.12. The first-order valence-corrected chi connectivity index (χ1v) is 10.2. The van der Waals surface area contributed by atoms with Gasteiger partial charge in [0.1, 0.15) is 11.6 Å². The van der Waals surface area contributed by atoms with Gasteiger partial charge in [0.25, 0.3) is 0 Å². The number of aryl methyl sites for hydroxylation is 2. The first kappa shape index (κ1) is 25.9. The third-order valence-corrected chi connectivity index (χ3v) is 4.82. The van der Waals surface area contributed by atoms with Crippen molar-refractivity contribution in [3.8, 4) is 5.75 Å². The summed E-state index contributed by atoms with van der Waals surface area (Å²) in [6.07, 6.45) is -1.66. The van der Waals surface area contributed by atoms with Gasteiger partial charge in [0.2, 0.25) is 0 Å². The number of imidazole rings is 1. The zero-order chi connectivity index (χ0) is 24.6. The minimum atomic E-state index is -5.08. The second-order valence-corrected chi connectivity index (χ2v) is 7.60. The summed E-state index contributed by atoms with van der Waals surface area (Å²) in [5.41, 5.74) is 4.36. The molecule has 1 N–H and O–H groups in total. The molecule has 1 aromatic heterocycles. The molecule has 0 spiro atoms. The van der Waals surface area contributed by atoms with Crippen LogP contribution in [0.25, 0.3) is 0 Å². The van der Waals surface area contributed by atoms with Crippen molar-refractivity contribution in [1.82, 2.24) is 9.55 Å². The van der Waals surface area contributed by atoms with Crippen molar-refractivity contribution >= 4 is 5.97 Å². The number of hydrogen-bond donors (Lipinski definition) is 1. The zero-order valence-electron chi connectivity index (χ0n) is 18.6. The van der Waals surface area contributed by atoms with Crippen LogP contribution in [0.5, 0.6) is 5.75 Å². The zero-order valence-corrected chi connectivity index (χ0v) is 18.6. The van der Waals surface area contributed by atoms with Crippen molar-refractivity contribution in [2.24, 2.45) is 0 Å². The molecule has 0 aliphatic carbocycles. The molecule has 3 rings (SSSR count). The lowest BCUT2D eigenvalue weighted by Crippen LogP contribution is -2.21. The number of ether oxygens (including phenoxy) is 1. The van der Waals surface area contributed by atoms with E-state index in [4.69, 9.17) is 14.6 Å². The second kappa shape index (κ2) is 11.5. The molecule has 0 saturated carbocycles. The minimum Gasteiger partial charge on any atom is -0.496 e. The Morgan fingerprint density at radius 1 is 1.15 bits per heavy atom. The Bertz CT molecular complexity index is 1060. The van der Waals surface area contributed by atoms with Gasteiger partial charge in [-0.15, -0.1) is 0 Å². The molecule has 0 aliphatic heterocycles. The number of aliphatic carboxylic acids is 1. The van der Waals surface area contributed by atoms with Gasteiger partial charge in [-0.25, -0.2) is 14.2 Å². The van der Waals surface area contributed by atoms with E-state index in [0.717, 1.165) is 30.0 Å². The number of carboxylic acids is 1. The highest BCUT2D eigenvalue weighted by atomic mass is 19.4. The highest BCUT2D eigenvalue weighted by molar-refractivity contribution is 5.73. The van der Waals surface area contributed by atoms with Crippen LogP contribution >= 0.6 is 0 Å². The lowest BCUT2D eigenvalue weighted by molar-refractivity contribution is -0.192. The molecule has 3 aromatic rings. The number of rotatable bonds is 7. The number of alkyl halides is 3. The standard InChI is InChI=1S/C22H25FN2O.C2HF3O2/c1-16(2)22-20(14-17-7-6-9-19(23)13-17)24-15-25(22)12-11-18-8-4-5-10-21(18)26-3;3-2(4,5)1(6)7/h4-10,13,15-16H,11-12,14H2,1-3H3;(H,6,7). The Balaban J connectivity index is 0.000000479. The van der Waals surface area contributed by atoms with Gasteiger partial charge in [-0.3, -0.25) is 0 Å². The van der Waals surface area contributed by atoms with Crippen molar-refractivity contribution < 1.29 is 32.2 Å². The number of nitrogens with zero attached hydrogens (tertiary/aromatic N) is 2. The Morgan fingerprint density at radius 2 is 1.82 bits per heavy atom. The van der Waals surface area contributed by atoms with Gasteiger partial charge in [0.05, 0.1) is 19.1 Å². The second-order valence-electron chi connectivity index (χ2n) is 7.60. The van der Waals surface area contributed by atoms with Crippen LogP contribution in [0.1, 0.15) is 42.3 Å². The topological polar surface area (TPSA) is 64.4 Å². The molecule has 0 unspecified atom stereocenters. The number of hydrogen-bond acceptors (Lipinski definition) is 3. The van der Waals surface area contributed by atoms with Gasteiger partial charge in [-0.2, -0.15) is 13.2 Å². The molecule has 0 aliphatic rings. The summed E-state index contributed by atoms with van der Waals surface area (Å²) in [4.78, 5) is 13.5. The van der Waals surface area contributed by atoms with Crippen LogP contribution in [0.15, 0.2) is 54.9 Å². The maximum atomic E-state index is 13.5. The summed E-state index contributed by atoms with van der Waals surface area (Å²) in [5.74, 6) is -1.70. The average molecular weight is 466 g/mol. The molecule has 0 saturated heterocycles. The van der Waals surface area contributed by atoms with E-state index in [9.17, 15) is 17.6 Å². The van der Waals surface area contributed by atoms with Gasteiger partial charge in [-0.1, -0.05) is 44.2 Å². The molecular weight excluding hydrogens is 440 g/mol. The van der Waals surface area contributed by atoms with E-state index in [0.29, 0.717) is 12.3 Å². The molecule has 178 valence electrons. The van der Waals surface area contributed by atoms with E-state index in [2.05, 4.69) is 29.5 Å². The molecule has 2 aromatic carbocycles. The normalized spacial score (nSPS) is 11.2. The average Bonchev–Trinajstić information content (AvgIpc) is 3.14. The molecule has 0 amide bonds. The maximum Gasteiger partial charge on any atom is 0.490 e.